The summed E-state index contributed by atoms with van der Waals surface area (Å²) in [5.41, 5.74) is 0.965. The lowest BCUT2D eigenvalue weighted by atomic mass is 9.83. The lowest BCUT2D eigenvalue weighted by Crippen LogP contribution is -2.62. The van der Waals surface area contributed by atoms with Crippen LogP contribution < -0.4 is 9.64 Å². The Kier molecular flexibility index (Phi) is 5.14. The van der Waals surface area contributed by atoms with E-state index in [9.17, 15) is 13.9 Å². The first-order valence-corrected chi connectivity index (χ1v) is 10.9. The van der Waals surface area contributed by atoms with Crippen molar-refractivity contribution in [1.82, 2.24) is 4.90 Å². The number of aliphatic hydroxyl groups is 1. The van der Waals surface area contributed by atoms with E-state index in [1.807, 2.05) is 24.3 Å². The first-order chi connectivity index (χ1) is 15.4. The van der Waals surface area contributed by atoms with Crippen molar-refractivity contribution in [3.05, 3.63) is 90.0 Å². The Labute approximate surface area is 186 Å². The topological polar surface area (TPSA) is 35.9 Å². The van der Waals surface area contributed by atoms with E-state index in [4.69, 9.17) is 4.74 Å². The molecule has 1 unspecified atom stereocenters. The minimum absolute atomic E-state index is 0.269. The molecule has 0 aliphatic carbocycles. The fraction of sp³-hybridized carbons (Fsp3) is 0.308. The summed E-state index contributed by atoms with van der Waals surface area (Å²) in [6, 6.07) is 20.5. The normalized spacial score (nSPS) is 22.8. The van der Waals surface area contributed by atoms with Crippen molar-refractivity contribution in [2.24, 2.45) is 0 Å². The Morgan fingerprint density at radius 3 is 2.09 bits per heavy atom. The number of nitrogens with zero attached hydrogens (tertiary/aromatic N) is 2. The van der Waals surface area contributed by atoms with Gasteiger partial charge in [-0.25, -0.2) is 8.78 Å². The van der Waals surface area contributed by atoms with E-state index in [1.165, 1.54) is 24.3 Å². The molecule has 1 N–H and O–H groups in total. The van der Waals surface area contributed by atoms with E-state index in [0.29, 0.717) is 32.5 Å². The van der Waals surface area contributed by atoms with Gasteiger partial charge in [0.25, 0.3) is 0 Å². The summed E-state index contributed by atoms with van der Waals surface area (Å²) in [6.45, 7) is 3.87. The number of anilines is 2. The van der Waals surface area contributed by atoms with Crippen LogP contribution in [0.4, 0.5) is 20.2 Å². The molecule has 2 heterocycles. The van der Waals surface area contributed by atoms with E-state index in [2.05, 4.69) is 16.7 Å². The maximum Gasteiger partial charge on any atom is 0.178 e. The first-order valence-electron chi connectivity index (χ1n) is 10.9. The molecule has 0 bridgehead atoms. The average molecular weight is 437 g/mol. The van der Waals surface area contributed by atoms with Crippen molar-refractivity contribution in [3.8, 4) is 5.75 Å². The van der Waals surface area contributed by atoms with Crippen LogP contribution in [0.25, 0.3) is 0 Å². The number of piperidine rings is 1. The van der Waals surface area contributed by atoms with Crippen LogP contribution in [-0.2, 0) is 5.60 Å². The monoisotopic (exact) mass is 436 g/mol. The smallest absolute Gasteiger partial charge is 0.178 e. The van der Waals surface area contributed by atoms with Gasteiger partial charge in [-0.05, 0) is 73.9 Å². The third-order valence-corrected chi connectivity index (χ3v) is 6.72. The molecule has 1 fully saturated rings. The van der Waals surface area contributed by atoms with E-state index < -0.39 is 11.3 Å². The number of halogens is 2. The van der Waals surface area contributed by atoms with Gasteiger partial charge < -0.3 is 14.7 Å². The minimum atomic E-state index is -0.982. The summed E-state index contributed by atoms with van der Waals surface area (Å²) in [5.74, 6) is 0.191. The Bertz CT molecular complexity index is 1100. The van der Waals surface area contributed by atoms with Crippen LogP contribution in [-0.4, -0.2) is 35.4 Å². The maximum atomic E-state index is 13.5. The quantitative estimate of drug-likeness (QED) is 0.613. The third kappa shape index (κ3) is 3.74. The van der Waals surface area contributed by atoms with E-state index in [-0.39, 0.29) is 11.6 Å². The Morgan fingerprint density at radius 2 is 1.44 bits per heavy atom. The Morgan fingerprint density at radius 1 is 0.844 bits per heavy atom. The first kappa shape index (κ1) is 20.9. The number of hydrogen-bond acceptors (Lipinski definition) is 4. The highest BCUT2D eigenvalue weighted by Gasteiger charge is 2.45. The molecule has 166 valence electrons. The van der Waals surface area contributed by atoms with Gasteiger partial charge in [-0.15, -0.1) is 0 Å². The molecule has 2 aliphatic heterocycles. The van der Waals surface area contributed by atoms with Crippen LogP contribution in [0.3, 0.4) is 0 Å². The summed E-state index contributed by atoms with van der Waals surface area (Å²) in [6.07, 6.45) is 1.05. The molecule has 6 heteroatoms. The number of rotatable bonds is 3. The molecule has 0 spiro atoms. The van der Waals surface area contributed by atoms with Gasteiger partial charge in [0.2, 0.25) is 0 Å². The van der Waals surface area contributed by atoms with Gasteiger partial charge in [0.1, 0.15) is 17.4 Å². The third-order valence-electron chi connectivity index (χ3n) is 6.72. The van der Waals surface area contributed by atoms with Crippen LogP contribution >= 0.6 is 0 Å². The zero-order chi connectivity index (χ0) is 22.3. The van der Waals surface area contributed by atoms with Gasteiger partial charge in [0.15, 0.2) is 5.72 Å². The number of hydrogen-bond donors (Lipinski definition) is 1. The van der Waals surface area contributed by atoms with Gasteiger partial charge in [0, 0.05) is 18.8 Å². The fourth-order valence-electron chi connectivity index (χ4n) is 4.83. The second kappa shape index (κ2) is 7.87. The predicted molar refractivity (Wildman–Crippen MR) is 120 cm³/mol. The molecule has 0 amide bonds. The molecular weight excluding hydrogens is 410 g/mol. The number of para-hydroxylation sites is 2. The lowest BCUT2D eigenvalue weighted by molar-refractivity contribution is -0.117. The molecule has 1 saturated heterocycles. The van der Waals surface area contributed by atoms with Crippen molar-refractivity contribution in [2.75, 3.05) is 24.5 Å². The summed E-state index contributed by atoms with van der Waals surface area (Å²) >= 11 is 0. The van der Waals surface area contributed by atoms with Crippen LogP contribution in [0, 0.1) is 11.6 Å². The van der Waals surface area contributed by atoms with E-state index >= 15 is 0 Å². The second-order valence-electron chi connectivity index (χ2n) is 8.83. The van der Waals surface area contributed by atoms with Crippen LogP contribution in [0.15, 0.2) is 72.8 Å². The fourth-order valence-corrected chi connectivity index (χ4v) is 4.83. The maximum absolute atomic E-state index is 13.5. The van der Waals surface area contributed by atoms with Crippen LogP contribution in [0.1, 0.15) is 25.3 Å². The number of benzene rings is 3. The Balaban J connectivity index is 1.40. The predicted octanol–water partition coefficient (Wildman–Crippen LogP) is 5.20. The minimum Gasteiger partial charge on any atom is -0.469 e. The van der Waals surface area contributed by atoms with E-state index in [0.717, 1.165) is 22.7 Å². The van der Waals surface area contributed by atoms with Crippen LogP contribution in [0.2, 0.25) is 0 Å². The molecule has 0 saturated carbocycles. The summed E-state index contributed by atoms with van der Waals surface area (Å²) in [7, 11) is 0. The van der Waals surface area contributed by atoms with Gasteiger partial charge >= 0.3 is 0 Å². The SMILES string of the molecule is CC1(N2CCC(O)(c3ccc(F)cc3)CC2)CN(c2ccc(F)cc2)c2ccccc2O1. The summed E-state index contributed by atoms with van der Waals surface area (Å²) in [4.78, 5) is 4.40. The largest absolute Gasteiger partial charge is 0.469 e. The zero-order valence-corrected chi connectivity index (χ0v) is 18.0. The van der Waals surface area contributed by atoms with E-state index in [1.54, 1.807) is 24.3 Å². The zero-order valence-electron chi connectivity index (χ0n) is 18.0. The number of ether oxygens (including phenoxy) is 1. The van der Waals surface area contributed by atoms with Crippen LogP contribution in [0.5, 0.6) is 5.75 Å². The lowest BCUT2D eigenvalue weighted by Gasteiger charge is -2.51. The molecule has 1 atom stereocenters. The summed E-state index contributed by atoms with van der Waals surface area (Å²) in [5, 5.41) is 11.2. The van der Waals surface area contributed by atoms with Crippen molar-refractivity contribution < 1.29 is 18.6 Å². The highest BCUT2D eigenvalue weighted by molar-refractivity contribution is 5.70. The molecule has 0 radical (unpaired) electrons. The molecule has 4 nitrogen and oxygen atoms in total. The standard InChI is InChI=1S/C26H26F2N2O2/c1-25(29-16-14-26(31,15-17-29)19-6-8-20(27)9-7-19)18-30(22-12-10-21(28)11-13-22)23-4-2-3-5-24(23)32-25/h2-13,31H,14-18H2,1H3. The highest BCUT2D eigenvalue weighted by atomic mass is 19.1. The Hall–Kier alpha value is -2.96. The molecule has 5 rings (SSSR count). The molecule has 3 aromatic rings. The summed E-state index contributed by atoms with van der Waals surface area (Å²) < 4.78 is 33.4. The van der Waals surface area contributed by atoms with Crippen molar-refractivity contribution in [3.63, 3.8) is 0 Å². The van der Waals surface area contributed by atoms with Crippen molar-refractivity contribution in [2.45, 2.75) is 31.1 Å². The number of likely N-dealkylation sites (tertiary alicyclic amines) is 1. The molecule has 3 aromatic carbocycles. The van der Waals surface area contributed by atoms with Crippen molar-refractivity contribution >= 4 is 11.4 Å². The van der Waals surface area contributed by atoms with Gasteiger partial charge in [-0.3, -0.25) is 4.90 Å². The van der Waals surface area contributed by atoms with Crippen molar-refractivity contribution in [1.29, 1.82) is 0 Å². The molecule has 0 aromatic heterocycles. The second-order valence-corrected chi connectivity index (χ2v) is 8.83. The van der Waals surface area contributed by atoms with Gasteiger partial charge in [0.05, 0.1) is 17.8 Å². The highest BCUT2D eigenvalue weighted by Crippen LogP contribution is 2.44. The van der Waals surface area contributed by atoms with Gasteiger partial charge in [-0.2, -0.15) is 0 Å². The van der Waals surface area contributed by atoms with Gasteiger partial charge in [-0.1, -0.05) is 24.3 Å². The molecule has 2 aliphatic rings. The number of fused-ring (bicyclic) bond motifs is 1. The molecular formula is C26H26F2N2O2. The molecule has 32 heavy (non-hydrogen) atoms. The average Bonchev–Trinajstić information content (AvgIpc) is 2.80.